The van der Waals surface area contributed by atoms with Gasteiger partial charge in [-0.1, -0.05) is 19.8 Å². The maximum absolute atomic E-state index is 9.76. The van der Waals surface area contributed by atoms with Gasteiger partial charge in [-0.15, -0.1) is 0 Å². The zero-order valence-electron chi connectivity index (χ0n) is 11.6. The van der Waals surface area contributed by atoms with Crippen LogP contribution in [0.4, 0.5) is 5.82 Å². The quantitative estimate of drug-likeness (QED) is 0.875. The van der Waals surface area contributed by atoms with Gasteiger partial charge in [-0.25, -0.2) is 4.98 Å². The van der Waals surface area contributed by atoms with E-state index in [2.05, 4.69) is 23.3 Å². The van der Waals surface area contributed by atoms with Gasteiger partial charge in [0.15, 0.2) is 0 Å². The Bertz CT molecular complexity index is 495. The van der Waals surface area contributed by atoms with Gasteiger partial charge in [0.1, 0.15) is 5.82 Å². The molecule has 1 aliphatic rings. The first-order chi connectivity index (χ1) is 9.07. The molecule has 4 nitrogen and oxygen atoms in total. The highest BCUT2D eigenvalue weighted by atomic mass is 16.3. The fourth-order valence-electron chi connectivity index (χ4n) is 3.03. The summed E-state index contributed by atoms with van der Waals surface area (Å²) < 4.78 is 0. The first-order valence-electron chi connectivity index (χ1n) is 6.85. The average Bonchev–Trinajstić information content (AvgIpc) is 2.38. The minimum atomic E-state index is -0.287. The van der Waals surface area contributed by atoms with Crippen LogP contribution in [0.5, 0.6) is 0 Å². The molecule has 0 amide bonds. The number of anilines is 1. The summed E-state index contributed by atoms with van der Waals surface area (Å²) in [4.78, 5) is 4.42. The van der Waals surface area contributed by atoms with Crippen molar-refractivity contribution in [2.75, 3.05) is 11.9 Å². The molecule has 1 aliphatic carbocycles. The summed E-state index contributed by atoms with van der Waals surface area (Å²) in [7, 11) is 0. The number of aromatic nitrogens is 1. The fourth-order valence-corrected chi connectivity index (χ4v) is 3.03. The predicted octanol–water partition coefficient (Wildman–Crippen LogP) is 2.61. The van der Waals surface area contributed by atoms with Crippen LogP contribution in [0.1, 0.15) is 43.9 Å². The van der Waals surface area contributed by atoms with E-state index in [1.165, 1.54) is 6.42 Å². The van der Waals surface area contributed by atoms with E-state index in [4.69, 9.17) is 5.26 Å². The van der Waals surface area contributed by atoms with Gasteiger partial charge < -0.3 is 10.4 Å². The van der Waals surface area contributed by atoms with Crippen LogP contribution in [0.3, 0.4) is 0 Å². The molecule has 102 valence electrons. The highest BCUT2D eigenvalue weighted by Gasteiger charge is 2.34. The Morgan fingerprint density at radius 3 is 3.00 bits per heavy atom. The molecule has 4 heteroatoms. The number of hydrogen-bond acceptors (Lipinski definition) is 4. The number of aliphatic hydroxyl groups excluding tert-OH is 1. The molecule has 1 aromatic rings. The molecular weight excluding hydrogens is 238 g/mol. The second-order valence-corrected chi connectivity index (χ2v) is 5.76. The standard InChI is InChI=1S/C15H21N3O/c1-11-4-3-5-15(8-11,10-19)18-14-7-13(9-16)6-12(2)17-14/h6-7,11,19H,3-5,8,10H2,1-2H3,(H,17,18). The molecule has 0 radical (unpaired) electrons. The molecule has 0 bridgehead atoms. The maximum atomic E-state index is 9.76. The summed E-state index contributed by atoms with van der Waals surface area (Å²) >= 11 is 0. The number of rotatable bonds is 3. The molecule has 1 fully saturated rings. The SMILES string of the molecule is Cc1cc(C#N)cc(NC2(CO)CCCC(C)C2)n1. The van der Waals surface area contributed by atoms with Crippen molar-refractivity contribution >= 4 is 5.82 Å². The molecule has 19 heavy (non-hydrogen) atoms. The Labute approximate surface area is 114 Å². The third-order valence-corrected chi connectivity index (χ3v) is 3.87. The first kappa shape index (κ1) is 13.8. The summed E-state index contributed by atoms with van der Waals surface area (Å²) in [6.07, 6.45) is 4.23. The third-order valence-electron chi connectivity index (χ3n) is 3.87. The molecule has 0 spiro atoms. The van der Waals surface area contributed by atoms with E-state index in [9.17, 15) is 5.11 Å². The fraction of sp³-hybridized carbons (Fsp3) is 0.600. The largest absolute Gasteiger partial charge is 0.394 e. The Kier molecular flexibility index (Phi) is 4.06. The lowest BCUT2D eigenvalue weighted by molar-refractivity contribution is 0.149. The summed E-state index contributed by atoms with van der Waals surface area (Å²) in [5.41, 5.74) is 1.14. The van der Waals surface area contributed by atoms with Gasteiger partial charge in [0, 0.05) is 5.69 Å². The van der Waals surface area contributed by atoms with Crippen molar-refractivity contribution in [1.82, 2.24) is 4.98 Å². The van der Waals surface area contributed by atoms with E-state index in [-0.39, 0.29) is 12.1 Å². The van der Waals surface area contributed by atoms with Crippen LogP contribution < -0.4 is 5.32 Å². The van der Waals surface area contributed by atoms with Crippen molar-refractivity contribution < 1.29 is 5.11 Å². The molecule has 2 rings (SSSR count). The molecule has 1 heterocycles. The lowest BCUT2D eigenvalue weighted by Gasteiger charge is -2.39. The number of nitriles is 1. The molecule has 0 aromatic carbocycles. The minimum Gasteiger partial charge on any atom is -0.394 e. The van der Waals surface area contributed by atoms with Crippen molar-refractivity contribution in [2.45, 2.75) is 45.1 Å². The Hall–Kier alpha value is -1.60. The number of pyridine rings is 1. The molecule has 0 saturated heterocycles. The number of nitrogens with one attached hydrogen (secondary N) is 1. The van der Waals surface area contributed by atoms with Gasteiger partial charge >= 0.3 is 0 Å². The molecule has 2 N–H and O–H groups in total. The Morgan fingerprint density at radius 2 is 2.37 bits per heavy atom. The third kappa shape index (κ3) is 3.24. The topological polar surface area (TPSA) is 68.9 Å². The summed E-state index contributed by atoms with van der Waals surface area (Å²) in [5, 5.41) is 22.1. The molecular formula is C15H21N3O. The monoisotopic (exact) mass is 259 g/mol. The van der Waals surface area contributed by atoms with Gasteiger partial charge in [0.05, 0.1) is 23.8 Å². The van der Waals surface area contributed by atoms with Gasteiger partial charge in [-0.05, 0) is 37.8 Å². The van der Waals surface area contributed by atoms with Gasteiger partial charge in [-0.3, -0.25) is 0 Å². The van der Waals surface area contributed by atoms with Gasteiger partial charge in [-0.2, -0.15) is 5.26 Å². The van der Waals surface area contributed by atoms with Crippen LogP contribution >= 0.6 is 0 Å². The van der Waals surface area contributed by atoms with Crippen molar-refractivity contribution in [2.24, 2.45) is 5.92 Å². The van der Waals surface area contributed by atoms with Crippen LogP contribution in [0.2, 0.25) is 0 Å². The van der Waals surface area contributed by atoms with Crippen molar-refractivity contribution in [1.29, 1.82) is 5.26 Å². The molecule has 0 aliphatic heterocycles. The van der Waals surface area contributed by atoms with Crippen LogP contribution in [0.15, 0.2) is 12.1 Å². The van der Waals surface area contributed by atoms with Crippen LogP contribution in [-0.4, -0.2) is 22.2 Å². The van der Waals surface area contributed by atoms with Crippen molar-refractivity contribution in [3.8, 4) is 6.07 Å². The van der Waals surface area contributed by atoms with E-state index in [0.29, 0.717) is 17.3 Å². The number of hydrogen-bond donors (Lipinski definition) is 2. The van der Waals surface area contributed by atoms with Crippen molar-refractivity contribution in [3.63, 3.8) is 0 Å². The second kappa shape index (κ2) is 5.58. The van der Waals surface area contributed by atoms with E-state index in [1.807, 2.05) is 6.92 Å². The zero-order valence-corrected chi connectivity index (χ0v) is 11.6. The van der Waals surface area contributed by atoms with E-state index >= 15 is 0 Å². The lowest BCUT2D eigenvalue weighted by atomic mass is 9.77. The zero-order chi connectivity index (χ0) is 13.9. The van der Waals surface area contributed by atoms with Crippen LogP contribution in [-0.2, 0) is 0 Å². The molecule has 2 unspecified atom stereocenters. The van der Waals surface area contributed by atoms with Crippen LogP contribution in [0, 0.1) is 24.2 Å². The van der Waals surface area contributed by atoms with E-state index < -0.39 is 0 Å². The predicted molar refractivity (Wildman–Crippen MR) is 74.8 cm³/mol. The van der Waals surface area contributed by atoms with E-state index in [1.54, 1.807) is 12.1 Å². The summed E-state index contributed by atoms with van der Waals surface area (Å²) in [6, 6.07) is 5.66. The van der Waals surface area contributed by atoms with Crippen molar-refractivity contribution in [3.05, 3.63) is 23.4 Å². The smallest absolute Gasteiger partial charge is 0.128 e. The highest BCUT2D eigenvalue weighted by molar-refractivity contribution is 5.46. The Morgan fingerprint density at radius 1 is 1.58 bits per heavy atom. The number of nitrogens with zero attached hydrogens (tertiary/aromatic N) is 2. The highest BCUT2D eigenvalue weighted by Crippen LogP contribution is 2.34. The minimum absolute atomic E-state index is 0.106. The Balaban J connectivity index is 2.23. The number of aliphatic hydroxyl groups is 1. The molecule has 1 aromatic heterocycles. The second-order valence-electron chi connectivity index (χ2n) is 5.76. The van der Waals surface area contributed by atoms with Crippen LogP contribution in [0.25, 0.3) is 0 Å². The van der Waals surface area contributed by atoms with Gasteiger partial charge in [0.25, 0.3) is 0 Å². The first-order valence-corrected chi connectivity index (χ1v) is 6.85. The number of aryl methyl sites for hydroxylation is 1. The normalized spacial score (nSPS) is 26.7. The lowest BCUT2D eigenvalue weighted by Crippen LogP contribution is -2.46. The average molecular weight is 259 g/mol. The summed E-state index contributed by atoms with van der Waals surface area (Å²) in [6.45, 7) is 4.20. The molecule has 1 saturated carbocycles. The van der Waals surface area contributed by atoms with Gasteiger partial charge in [0.2, 0.25) is 0 Å². The molecule has 2 atom stereocenters. The summed E-state index contributed by atoms with van der Waals surface area (Å²) in [5.74, 6) is 1.30. The van der Waals surface area contributed by atoms with E-state index in [0.717, 1.165) is 25.0 Å². The maximum Gasteiger partial charge on any atom is 0.128 e.